The summed E-state index contributed by atoms with van der Waals surface area (Å²) in [6.07, 6.45) is 1.74. The van der Waals surface area contributed by atoms with Crippen LogP contribution in [-0.4, -0.2) is 31.3 Å². The smallest absolute Gasteiger partial charge is 0.271 e. The highest BCUT2D eigenvalue weighted by atomic mass is 79.9. The van der Waals surface area contributed by atoms with E-state index in [2.05, 4.69) is 21.2 Å². The van der Waals surface area contributed by atoms with Gasteiger partial charge in [0.25, 0.3) is 11.5 Å². The Bertz CT molecular complexity index is 1980. The van der Waals surface area contributed by atoms with Crippen molar-refractivity contribution in [2.75, 3.05) is 26.1 Å². The minimum absolute atomic E-state index is 0.143. The van der Waals surface area contributed by atoms with Gasteiger partial charge >= 0.3 is 0 Å². The Morgan fingerprint density at radius 2 is 1.86 bits per heavy atom. The number of benzene rings is 3. The lowest BCUT2D eigenvalue weighted by Gasteiger charge is -2.26. The molecule has 5 rings (SSSR count). The number of nitrogens with one attached hydrogen (secondary N) is 1. The molecule has 0 radical (unpaired) electrons. The van der Waals surface area contributed by atoms with E-state index in [1.807, 2.05) is 49.4 Å². The fourth-order valence-corrected chi connectivity index (χ4v) is 6.49. The third-order valence-corrected chi connectivity index (χ3v) is 8.45. The van der Waals surface area contributed by atoms with Crippen molar-refractivity contribution in [3.05, 3.63) is 113 Å². The maximum atomic E-state index is 14.1. The third kappa shape index (κ3) is 5.98. The number of hydrogen-bond acceptors (Lipinski definition) is 8. The number of aromatic nitrogens is 1. The van der Waals surface area contributed by atoms with Crippen LogP contribution in [0.1, 0.15) is 29.7 Å². The molecule has 0 aliphatic carbocycles. The van der Waals surface area contributed by atoms with E-state index in [0.717, 1.165) is 5.56 Å². The number of methoxy groups -OCH3 is 2. The Morgan fingerprint density at radius 3 is 2.56 bits per heavy atom. The number of nitriles is 1. The van der Waals surface area contributed by atoms with Crippen LogP contribution in [0.3, 0.4) is 0 Å². The highest BCUT2D eigenvalue weighted by molar-refractivity contribution is 9.10. The number of fused-ring (bicyclic) bond motifs is 1. The monoisotopic (exact) mass is 658 g/mol. The summed E-state index contributed by atoms with van der Waals surface area (Å²) in [7, 11) is 3.09. The van der Waals surface area contributed by atoms with Gasteiger partial charge in [0.2, 0.25) is 0 Å². The number of aryl methyl sites for hydroxylation is 1. The number of ether oxygens (including phenoxy) is 3. The number of para-hydroxylation sites is 1. The fourth-order valence-electron chi connectivity index (χ4n) is 4.87. The molecular formula is C32H27BrN4O5S. The molecule has 43 heavy (non-hydrogen) atoms. The van der Waals surface area contributed by atoms with Gasteiger partial charge in [-0.05, 0) is 82.9 Å². The molecule has 0 fully saturated rings. The summed E-state index contributed by atoms with van der Waals surface area (Å²) < 4.78 is 19.1. The van der Waals surface area contributed by atoms with E-state index in [1.54, 1.807) is 48.9 Å². The highest BCUT2D eigenvalue weighted by Gasteiger charge is 2.33. The second kappa shape index (κ2) is 12.7. The molecule has 1 aliphatic rings. The number of carbonyl (C=O) groups is 1. The minimum Gasteiger partial charge on any atom is -0.496 e. The van der Waals surface area contributed by atoms with E-state index in [1.165, 1.54) is 18.4 Å². The standard InChI is InChI=1S/C32H27BrN4O5S/c1-18-10-11-21(17-24(18)40-3)28-27(30(38)36-22-8-6-5-7-9-22)19(2)35-32-37(28)31(39)26(43-32)16-20-14-23(33)29(42-13-12-34)25(15-20)41-4/h5-11,14-17,28H,13H2,1-4H3,(H,36,38)/b26-16-/t28-/m0/s1. The average Bonchev–Trinajstić information content (AvgIpc) is 3.30. The summed E-state index contributed by atoms with van der Waals surface area (Å²) in [5, 5.41) is 11.9. The van der Waals surface area contributed by atoms with Gasteiger partial charge in [-0.15, -0.1) is 0 Å². The predicted molar refractivity (Wildman–Crippen MR) is 168 cm³/mol. The zero-order valence-corrected chi connectivity index (χ0v) is 26.2. The van der Waals surface area contributed by atoms with Crippen molar-refractivity contribution in [3.8, 4) is 23.3 Å². The zero-order valence-electron chi connectivity index (χ0n) is 23.8. The SMILES string of the molecule is COc1cc([C@H]2C(C(=O)Nc3ccccc3)=C(C)N=c3s/c(=C\c4cc(Br)c(OCC#N)c(OC)c4)c(=O)n32)ccc1C. The van der Waals surface area contributed by atoms with E-state index in [4.69, 9.17) is 24.5 Å². The van der Waals surface area contributed by atoms with Gasteiger partial charge in [-0.25, -0.2) is 4.99 Å². The summed E-state index contributed by atoms with van der Waals surface area (Å²) >= 11 is 4.71. The number of amides is 1. The number of anilines is 1. The van der Waals surface area contributed by atoms with E-state index >= 15 is 0 Å². The van der Waals surface area contributed by atoms with Crippen molar-refractivity contribution in [2.45, 2.75) is 19.9 Å². The topological polar surface area (TPSA) is 115 Å². The number of carbonyl (C=O) groups excluding carboxylic acids is 1. The molecule has 0 unspecified atom stereocenters. The first-order valence-electron chi connectivity index (χ1n) is 13.2. The summed E-state index contributed by atoms with van der Waals surface area (Å²) in [5.41, 5.74) is 3.51. The molecule has 0 saturated heterocycles. The van der Waals surface area contributed by atoms with E-state index in [-0.39, 0.29) is 18.1 Å². The largest absolute Gasteiger partial charge is 0.496 e. The van der Waals surface area contributed by atoms with Gasteiger partial charge in [0, 0.05) is 5.69 Å². The van der Waals surface area contributed by atoms with Crippen LogP contribution in [0.5, 0.6) is 17.2 Å². The summed E-state index contributed by atoms with van der Waals surface area (Å²) in [5.74, 6) is 1.09. The molecule has 0 spiro atoms. The van der Waals surface area contributed by atoms with E-state index < -0.39 is 6.04 Å². The molecule has 11 heteroatoms. The Morgan fingerprint density at radius 1 is 1.12 bits per heavy atom. The van der Waals surface area contributed by atoms with E-state index in [9.17, 15) is 9.59 Å². The van der Waals surface area contributed by atoms with Gasteiger partial charge in [-0.3, -0.25) is 14.2 Å². The Balaban J connectivity index is 1.67. The summed E-state index contributed by atoms with van der Waals surface area (Å²) in [6, 6.07) is 19.5. The molecule has 4 aromatic rings. The fraction of sp³-hybridized carbons (Fsp3) is 0.188. The van der Waals surface area contributed by atoms with Crippen molar-refractivity contribution >= 4 is 44.9 Å². The van der Waals surface area contributed by atoms with Gasteiger partial charge in [0.15, 0.2) is 22.9 Å². The van der Waals surface area contributed by atoms with Crippen molar-refractivity contribution in [1.29, 1.82) is 5.26 Å². The Hall–Kier alpha value is -4.66. The summed E-state index contributed by atoms with van der Waals surface area (Å²) in [6.45, 7) is 3.56. The van der Waals surface area contributed by atoms with Crippen LogP contribution in [0.15, 0.2) is 86.2 Å². The van der Waals surface area contributed by atoms with Crippen LogP contribution >= 0.6 is 27.3 Å². The Kier molecular flexibility index (Phi) is 8.80. The first-order chi connectivity index (χ1) is 20.7. The number of allylic oxidation sites excluding steroid dienone is 1. The Labute approximate surface area is 260 Å². The normalized spacial score (nSPS) is 14.4. The number of rotatable bonds is 8. The van der Waals surface area contributed by atoms with Gasteiger partial charge in [0.05, 0.1) is 40.5 Å². The molecule has 0 saturated carbocycles. The average molecular weight is 660 g/mol. The van der Waals surface area contributed by atoms with Crippen molar-refractivity contribution in [2.24, 2.45) is 4.99 Å². The second-order valence-corrected chi connectivity index (χ2v) is 11.5. The van der Waals surface area contributed by atoms with Crippen molar-refractivity contribution < 1.29 is 19.0 Å². The quantitative estimate of drug-likeness (QED) is 0.289. The zero-order chi connectivity index (χ0) is 30.7. The van der Waals surface area contributed by atoms with Gasteiger partial charge < -0.3 is 19.5 Å². The lowest BCUT2D eigenvalue weighted by atomic mass is 9.94. The predicted octanol–water partition coefficient (Wildman–Crippen LogP) is 4.86. The number of nitrogens with zero attached hydrogens (tertiary/aromatic N) is 3. The molecular weight excluding hydrogens is 632 g/mol. The third-order valence-electron chi connectivity index (χ3n) is 6.88. The van der Waals surface area contributed by atoms with Crippen LogP contribution in [0.4, 0.5) is 5.69 Å². The molecule has 0 bridgehead atoms. The number of thiazole rings is 1. The van der Waals surface area contributed by atoms with E-state index in [0.29, 0.717) is 59.1 Å². The first-order valence-corrected chi connectivity index (χ1v) is 14.8. The maximum Gasteiger partial charge on any atom is 0.271 e. The molecule has 1 N–H and O–H groups in total. The van der Waals surface area contributed by atoms with Crippen LogP contribution in [0, 0.1) is 18.3 Å². The molecule has 3 aromatic carbocycles. The maximum absolute atomic E-state index is 14.1. The summed E-state index contributed by atoms with van der Waals surface area (Å²) in [4.78, 5) is 33.1. The number of hydrogen-bond donors (Lipinski definition) is 1. The molecule has 1 aliphatic heterocycles. The first kappa shape index (κ1) is 29.8. The minimum atomic E-state index is -0.750. The highest BCUT2D eigenvalue weighted by Crippen LogP contribution is 2.37. The molecule has 9 nitrogen and oxygen atoms in total. The lowest BCUT2D eigenvalue weighted by molar-refractivity contribution is -0.113. The van der Waals surface area contributed by atoms with Crippen LogP contribution in [-0.2, 0) is 4.79 Å². The van der Waals surface area contributed by atoms with Crippen molar-refractivity contribution in [1.82, 2.24) is 4.57 Å². The molecule has 1 amide bonds. The van der Waals surface area contributed by atoms with Gasteiger partial charge in [-0.2, -0.15) is 5.26 Å². The second-order valence-electron chi connectivity index (χ2n) is 9.61. The molecule has 1 aromatic heterocycles. The molecule has 1 atom stereocenters. The molecule has 2 heterocycles. The number of halogens is 1. The van der Waals surface area contributed by atoms with Gasteiger partial charge in [-0.1, -0.05) is 41.7 Å². The lowest BCUT2D eigenvalue weighted by Crippen LogP contribution is -2.40. The van der Waals surface area contributed by atoms with Crippen molar-refractivity contribution in [3.63, 3.8) is 0 Å². The van der Waals surface area contributed by atoms with Gasteiger partial charge in [0.1, 0.15) is 11.8 Å². The molecule has 218 valence electrons. The van der Waals surface area contributed by atoms with Crippen LogP contribution < -0.4 is 34.4 Å². The van der Waals surface area contributed by atoms with Crippen LogP contribution in [0.2, 0.25) is 0 Å². The van der Waals surface area contributed by atoms with Crippen LogP contribution in [0.25, 0.3) is 6.08 Å².